The van der Waals surface area contributed by atoms with Crippen molar-refractivity contribution in [1.82, 2.24) is 10.2 Å². The van der Waals surface area contributed by atoms with Crippen LogP contribution in [0, 0.1) is 0 Å². The molecule has 0 spiro atoms. The third-order valence-electron chi connectivity index (χ3n) is 6.28. The molecule has 0 aliphatic rings. The molecule has 7 nitrogen and oxygen atoms in total. The molecule has 0 aliphatic carbocycles. The predicted octanol–water partition coefficient (Wildman–Crippen LogP) is 5.05. The highest BCUT2D eigenvalue weighted by Crippen LogP contribution is 2.22. The van der Waals surface area contributed by atoms with Crippen molar-refractivity contribution in [2.75, 3.05) is 23.7 Å². The number of nitrogens with zero attached hydrogens (tertiary/aromatic N) is 2. The van der Waals surface area contributed by atoms with E-state index in [-0.39, 0.29) is 37.7 Å². The summed E-state index contributed by atoms with van der Waals surface area (Å²) >= 11 is 5.97. The molecular formula is C30H36ClN3O4S. The molecule has 3 aromatic rings. The van der Waals surface area contributed by atoms with Gasteiger partial charge in [0.15, 0.2) is 0 Å². The van der Waals surface area contributed by atoms with Crippen LogP contribution in [0.3, 0.4) is 0 Å². The Labute approximate surface area is 236 Å². The van der Waals surface area contributed by atoms with Crippen LogP contribution in [-0.4, -0.2) is 50.5 Å². The first-order chi connectivity index (χ1) is 18.7. The normalized spacial score (nSPS) is 12.0. The molecule has 0 aliphatic heterocycles. The predicted molar refractivity (Wildman–Crippen MR) is 157 cm³/mol. The van der Waals surface area contributed by atoms with Crippen LogP contribution in [0.15, 0.2) is 84.9 Å². The summed E-state index contributed by atoms with van der Waals surface area (Å²) in [6.45, 7) is 2.88. The van der Waals surface area contributed by atoms with E-state index < -0.39 is 16.1 Å². The van der Waals surface area contributed by atoms with Crippen LogP contribution in [0.2, 0.25) is 5.02 Å². The quantitative estimate of drug-likeness (QED) is 0.294. The molecule has 0 radical (unpaired) electrons. The van der Waals surface area contributed by atoms with Crippen LogP contribution in [0.25, 0.3) is 0 Å². The first kappa shape index (κ1) is 30.2. The van der Waals surface area contributed by atoms with E-state index in [0.717, 1.165) is 23.8 Å². The molecular weight excluding hydrogens is 534 g/mol. The van der Waals surface area contributed by atoms with Gasteiger partial charge in [0.2, 0.25) is 21.8 Å². The van der Waals surface area contributed by atoms with Crippen molar-refractivity contribution < 1.29 is 18.0 Å². The number of amides is 2. The van der Waals surface area contributed by atoms with Crippen molar-refractivity contribution in [3.8, 4) is 0 Å². The SMILES string of the molecule is CCCNC(=O)[C@H](Cc1ccccc1)N(Cc1ccccc1)C(=O)CCCN(c1ccc(Cl)cc1)S(C)(=O)=O. The highest BCUT2D eigenvalue weighted by atomic mass is 35.5. The van der Waals surface area contributed by atoms with Crippen LogP contribution in [-0.2, 0) is 32.6 Å². The standard InChI is InChI=1S/C30H36ClN3O4S/c1-3-20-32-30(36)28(22-24-11-6-4-7-12-24)33(23-25-13-8-5-9-14-25)29(35)15-10-21-34(39(2,37)38)27-18-16-26(31)17-19-27/h4-9,11-14,16-19,28H,3,10,15,20-23H2,1-2H3,(H,32,36)/t28-/m0/s1. The lowest BCUT2D eigenvalue weighted by Crippen LogP contribution is -2.50. The molecule has 0 unspecified atom stereocenters. The van der Waals surface area contributed by atoms with Gasteiger partial charge in [-0.15, -0.1) is 0 Å². The summed E-state index contributed by atoms with van der Waals surface area (Å²) in [5.41, 5.74) is 2.34. The molecule has 1 N–H and O–H groups in total. The van der Waals surface area contributed by atoms with E-state index in [2.05, 4.69) is 5.32 Å². The first-order valence-electron chi connectivity index (χ1n) is 13.1. The maximum Gasteiger partial charge on any atom is 0.243 e. The molecule has 0 bridgehead atoms. The molecule has 39 heavy (non-hydrogen) atoms. The Hall–Kier alpha value is -3.36. The molecule has 9 heteroatoms. The van der Waals surface area contributed by atoms with Gasteiger partial charge in [0.1, 0.15) is 6.04 Å². The Morgan fingerprint density at radius 3 is 2.05 bits per heavy atom. The van der Waals surface area contributed by atoms with E-state index in [4.69, 9.17) is 11.6 Å². The van der Waals surface area contributed by atoms with E-state index >= 15 is 0 Å². The molecule has 0 saturated heterocycles. The number of anilines is 1. The van der Waals surface area contributed by atoms with E-state index in [9.17, 15) is 18.0 Å². The molecule has 3 aromatic carbocycles. The summed E-state index contributed by atoms with van der Waals surface area (Å²) in [4.78, 5) is 28.7. The van der Waals surface area contributed by atoms with Crippen molar-refractivity contribution in [3.63, 3.8) is 0 Å². The van der Waals surface area contributed by atoms with Gasteiger partial charge in [-0.1, -0.05) is 79.2 Å². The Kier molecular flexibility index (Phi) is 11.4. The van der Waals surface area contributed by atoms with Crippen LogP contribution >= 0.6 is 11.6 Å². The fourth-order valence-electron chi connectivity index (χ4n) is 4.31. The van der Waals surface area contributed by atoms with E-state index in [1.165, 1.54) is 4.31 Å². The van der Waals surface area contributed by atoms with Crippen LogP contribution in [0.5, 0.6) is 0 Å². The Morgan fingerprint density at radius 2 is 1.49 bits per heavy atom. The molecule has 208 valence electrons. The minimum atomic E-state index is -3.58. The first-order valence-corrected chi connectivity index (χ1v) is 15.3. The summed E-state index contributed by atoms with van der Waals surface area (Å²) < 4.78 is 26.3. The Balaban J connectivity index is 1.84. The number of hydrogen-bond donors (Lipinski definition) is 1. The Morgan fingerprint density at radius 1 is 0.897 bits per heavy atom. The summed E-state index contributed by atoms with van der Waals surface area (Å²) in [6.07, 6.45) is 2.66. The number of halogens is 1. The van der Waals surface area contributed by atoms with Gasteiger partial charge in [0.05, 0.1) is 11.9 Å². The molecule has 0 fully saturated rings. The summed E-state index contributed by atoms with van der Waals surface area (Å²) in [5.74, 6) is -0.417. The van der Waals surface area contributed by atoms with Crippen LogP contribution < -0.4 is 9.62 Å². The summed E-state index contributed by atoms with van der Waals surface area (Å²) in [5, 5.41) is 3.47. The van der Waals surface area contributed by atoms with E-state index in [0.29, 0.717) is 23.7 Å². The van der Waals surface area contributed by atoms with Crippen LogP contribution in [0.1, 0.15) is 37.3 Å². The number of carbonyl (C=O) groups is 2. The van der Waals surface area contributed by atoms with Gasteiger partial charge in [-0.2, -0.15) is 0 Å². The number of nitrogens with one attached hydrogen (secondary N) is 1. The zero-order valence-electron chi connectivity index (χ0n) is 22.4. The van der Waals surface area contributed by atoms with Gasteiger partial charge >= 0.3 is 0 Å². The van der Waals surface area contributed by atoms with Gasteiger partial charge in [-0.3, -0.25) is 13.9 Å². The topological polar surface area (TPSA) is 86.8 Å². The lowest BCUT2D eigenvalue weighted by atomic mass is 10.0. The molecule has 0 saturated carbocycles. The van der Waals surface area contributed by atoms with Crippen molar-refractivity contribution in [3.05, 3.63) is 101 Å². The van der Waals surface area contributed by atoms with Crippen molar-refractivity contribution >= 4 is 39.1 Å². The maximum absolute atomic E-state index is 13.7. The van der Waals surface area contributed by atoms with E-state index in [1.54, 1.807) is 29.2 Å². The van der Waals surface area contributed by atoms with Crippen molar-refractivity contribution in [2.45, 2.75) is 45.2 Å². The average Bonchev–Trinajstić information content (AvgIpc) is 2.92. The van der Waals surface area contributed by atoms with Crippen molar-refractivity contribution in [2.24, 2.45) is 0 Å². The second-order valence-corrected chi connectivity index (χ2v) is 11.8. The fraction of sp³-hybridized carbons (Fsp3) is 0.333. The highest BCUT2D eigenvalue weighted by Gasteiger charge is 2.30. The van der Waals surface area contributed by atoms with Crippen LogP contribution in [0.4, 0.5) is 5.69 Å². The summed E-state index contributed by atoms with van der Waals surface area (Å²) in [7, 11) is -3.58. The molecule has 0 aromatic heterocycles. The van der Waals surface area contributed by atoms with E-state index in [1.807, 2.05) is 67.6 Å². The third-order valence-corrected chi connectivity index (χ3v) is 7.73. The number of hydrogen-bond acceptors (Lipinski definition) is 4. The second kappa shape index (κ2) is 14.7. The monoisotopic (exact) mass is 569 g/mol. The largest absolute Gasteiger partial charge is 0.354 e. The maximum atomic E-state index is 13.7. The molecule has 0 heterocycles. The van der Waals surface area contributed by atoms with Crippen molar-refractivity contribution in [1.29, 1.82) is 0 Å². The highest BCUT2D eigenvalue weighted by molar-refractivity contribution is 7.92. The Bertz CT molecular complexity index is 1300. The zero-order chi connectivity index (χ0) is 28.3. The van der Waals surface area contributed by atoms with Gasteiger partial charge in [0.25, 0.3) is 0 Å². The minimum Gasteiger partial charge on any atom is -0.354 e. The molecule has 2 amide bonds. The third kappa shape index (κ3) is 9.41. The number of sulfonamides is 1. The lowest BCUT2D eigenvalue weighted by molar-refractivity contribution is -0.141. The minimum absolute atomic E-state index is 0.0821. The van der Waals surface area contributed by atoms with Gasteiger partial charge in [-0.25, -0.2) is 8.42 Å². The number of rotatable bonds is 14. The number of benzene rings is 3. The zero-order valence-corrected chi connectivity index (χ0v) is 24.0. The second-order valence-electron chi connectivity index (χ2n) is 9.42. The fourth-order valence-corrected chi connectivity index (χ4v) is 5.40. The smallest absolute Gasteiger partial charge is 0.243 e. The summed E-state index contributed by atoms with van der Waals surface area (Å²) in [6, 6.07) is 25.0. The molecule has 3 rings (SSSR count). The van der Waals surface area contributed by atoms with Gasteiger partial charge < -0.3 is 10.2 Å². The van der Waals surface area contributed by atoms with Gasteiger partial charge in [-0.05, 0) is 48.2 Å². The average molecular weight is 570 g/mol. The van der Waals surface area contributed by atoms with Gasteiger partial charge in [0, 0.05) is 37.5 Å². The molecule has 1 atom stereocenters. The lowest BCUT2D eigenvalue weighted by Gasteiger charge is -2.32. The number of carbonyl (C=O) groups excluding carboxylic acids is 2.